The lowest BCUT2D eigenvalue weighted by atomic mass is 10.2. The van der Waals surface area contributed by atoms with E-state index in [0.29, 0.717) is 18.4 Å². The molecule has 2 heterocycles. The summed E-state index contributed by atoms with van der Waals surface area (Å²) in [6.07, 6.45) is 0.784. The normalized spacial score (nSPS) is 11.9. The lowest BCUT2D eigenvalue weighted by Gasteiger charge is -2.09. The number of furan rings is 1. The third-order valence-corrected chi connectivity index (χ3v) is 3.84. The number of aryl methyl sites for hydroxylation is 2. The van der Waals surface area contributed by atoms with Gasteiger partial charge in [0, 0.05) is 25.4 Å². The number of hydrogen-bond acceptors (Lipinski definition) is 4. The van der Waals surface area contributed by atoms with E-state index in [2.05, 4.69) is 32.7 Å². The molecule has 0 saturated heterocycles. The smallest absolute Gasteiger partial charge is 0.214 e. The first kappa shape index (κ1) is 16.1. The summed E-state index contributed by atoms with van der Waals surface area (Å²) in [6.45, 7) is 5.07. The predicted molar refractivity (Wildman–Crippen MR) is 94.1 cm³/mol. The van der Waals surface area contributed by atoms with Gasteiger partial charge in [-0.25, -0.2) is 4.98 Å². The van der Waals surface area contributed by atoms with Crippen LogP contribution in [0.25, 0.3) is 11.0 Å². The van der Waals surface area contributed by atoms with Gasteiger partial charge in [0.1, 0.15) is 17.1 Å². The van der Waals surface area contributed by atoms with E-state index in [-0.39, 0.29) is 0 Å². The van der Waals surface area contributed by atoms with Crippen molar-refractivity contribution in [3.63, 3.8) is 0 Å². The molecule has 6 heteroatoms. The molecule has 0 aliphatic carbocycles. The van der Waals surface area contributed by atoms with Crippen molar-refractivity contribution in [2.45, 2.75) is 26.8 Å². The fraction of sp³-hybridized carbons (Fsp3) is 0.333. The van der Waals surface area contributed by atoms with Crippen molar-refractivity contribution in [2.24, 2.45) is 4.99 Å². The molecule has 2 N–H and O–H groups in total. The first-order valence-electron chi connectivity index (χ1n) is 8.00. The highest BCUT2D eigenvalue weighted by atomic mass is 16.4. The van der Waals surface area contributed by atoms with E-state index >= 15 is 0 Å². The van der Waals surface area contributed by atoms with Crippen molar-refractivity contribution in [1.29, 1.82) is 0 Å². The minimum Gasteiger partial charge on any atom is -0.461 e. The maximum absolute atomic E-state index is 5.80. The minimum absolute atomic E-state index is 0.499. The Kier molecular flexibility index (Phi) is 4.84. The van der Waals surface area contributed by atoms with Gasteiger partial charge in [-0.2, -0.15) is 0 Å². The van der Waals surface area contributed by atoms with Gasteiger partial charge in [0.15, 0.2) is 5.96 Å². The van der Waals surface area contributed by atoms with Crippen molar-refractivity contribution < 1.29 is 8.83 Å². The number of oxazole rings is 1. The predicted octanol–water partition coefficient (Wildman–Crippen LogP) is 2.95. The number of hydrogen-bond donors (Lipinski definition) is 2. The van der Waals surface area contributed by atoms with Crippen LogP contribution in [-0.2, 0) is 13.0 Å². The van der Waals surface area contributed by atoms with Gasteiger partial charge in [-0.15, -0.1) is 0 Å². The Labute approximate surface area is 141 Å². The summed E-state index contributed by atoms with van der Waals surface area (Å²) >= 11 is 0. The van der Waals surface area contributed by atoms with Crippen molar-refractivity contribution in [3.05, 3.63) is 53.4 Å². The van der Waals surface area contributed by atoms with E-state index in [0.717, 1.165) is 41.1 Å². The molecule has 0 radical (unpaired) electrons. The second kappa shape index (κ2) is 7.21. The van der Waals surface area contributed by atoms with Crippen LogP contribution in [-0.4, -0.2) is 24.5 Å². The molecule has 0 aliphatic heterocycles. The van der Waals surface area contributed by atoms with Gasteiger partial charge >= 0.3 is 0 Å². The molecular formula is C18H22N4O2. The molecule has 0 amide bonds. The Hall–Kier alpha value is -2.76. The number of para-hydroxylation sites is 1. The molecule has 0 saturated carbocycles. The van der Waals surface area contributed by atoms with E-state index in [9.17, 15) is 0 Å². The lowest BCUT2D eigenvalue weighted by molar-refractivity contribution is 0.463. The summed E-state index contributed by atoms with van der Waals surface area (Å²) in [5.74, 6) is 3.17. The third kappa shape index (κ3) is 3.76. The van der Waals surface area contributed by atoms with Crippen LogP contribution in [0.3, 0.4) is 0 Å². The summed E-state index contributed by atoms with van der Waals surface area (Å²) in [5, 5.41) is 7.58. The molecule has 0 atom stereocenters. The number of aliphatic imine (C=N–C) groups is 1. The van der Waals surface area contributed by atoms with Gasteiger partial charge in [0.05, 0.1) is 12.2 Å². The fourth-order valence-corrected chi connectivity index (χ4v) is 2.46. The maximum atomic E-state index is 5.80. The van der Waals surface area contributed by atoms with E-state index in [4.69, 9.17) is 8.83 Å². The van der Waals surface area contributed by atoms with Gasteiger partial charge in [0.25, 0.3) is 0 Å². The topological polar surface area (TPSA) is 75.6 Å². The van der Waals surface area contributed by atoms with Crippen LogP contribution in [0, 0.1) is 13.8 Å². The first-order chi connectivity index (χ1) is 11.7. The minimum atomic E-state index is 0.499. The molecule has 0 aliphatic rings. The summed E-state index contributed by atoms with van der Waals surface area (Å²) in [4.78, 5) is 8.54. The molecule has 24 heavy (non-hydrogen) atoms. The average Bonchev–Trinajstić information content (AvgIpc) is 3.13. The quantitative estimate of drug-likeness (QED) is 0.557. The zero-order chi connectivity index (χ0) is 16.9. The Balaban J connectivity index is 1.49. The average molecular weight is 326 g/mol. The first-order valence-corrected chi connectivity index (χ1v) is 8.00. The number of nitrogens with one attached hydrogen (secondary N) is 2. The fourth-order valence-electron chi connectivity index (χ4n) is 2.46. The van der Waals surface area contributed by atoms with Crippen LogP contribution in [0.4, 0.5) is 0 Å². The van der Waals surface area contributed by atoms with Gasteiger partial charge in [-0.3, -0.25) is 4.99 Å². The Morgan fingerprint density at radius 2 is 2.00 bits per heavy atom. The Bertz CT molecular complexity index is 795. The van der Waals surface area contributed by atoms with Gasteiger partial charge in [-0.05, 0) is 26.0 Å². The number of aromatic nitrogens is 1. The van der Waals surface area contributed by atoms with E-state index in [1.165, 1.54) is 0 Å². The van der Waals surface area contributed by atoms with Crippen molar-refractivity contribution in [2.75, 3.05) is 13.6 Å². The molecule has 2 aromatic heterocycles. The zero-order valence-corrected chi connectivity index (χ0v) is 14.2. The number of nitrogens with zero attached hydrogens (tertiary/aromatic N) is 2. The molecule has 3 rings (SSSR count). The van der Waals surface area contributed by atoms with Crippen molar-refractivity contribution in [1.82, 2.24) is 15.6 Å². The van der Waals surface area contributed by atoms with Crippen molar-refractivity contribution in [3.8, 4) is 0 Å². The third-order valence-electron chi connectivity index (χ3n) is 3.84. The summed E-state index contributed by atoms with van der Waals surface area (Å²) in [5.41, 5.74) is 1.84. The molecule has 0 fully saturated rings. The molecule has 1 aromatic carbocycles. The standard InChI is InChI=1S/C18H22N4O2/c1-12-13(2)23-17(22-12)11-21-18(19-3)20-9-8-15-10-14-6-4-5-7-16(14)24-15/h4-7,10H,8-9,11H2,1-3H3,(H2,19,20,21). The second-order valence-corrected chi connectivity index (χ2v) is 5.60. The highest BCUT2D eigenvalue weighted by Gasteiger charge is 2.07. The van der Waals surface area contributed by atoms with E-state index in [1.54, 1.807) is 7.05 Å². The van der Waals surface area contributed by atoms with Crippen LogP contribution < -0.4 is 10.6 Å². The molecule has 0 spiro atoms. The second-order valence-electron chi connectivity index (χ2n) is 5.60. The van der Waals surface area contributed by atoms with E-state index < -0.39 is 0 Å². The number of rotatable bonds is 5. The lowest BCUT2D eigenvalue weighted by Crippen LogP contribution is -2.37. The van der Waals surface area contributed by atoms with Crippen LogP contribution in [0.15, 0.2) is 44.2 Å². The highest BCUT2D eigenvalue weighted by Crippen LogP contribution is 2.18. The highest BCUT2D eigenvalue weighted by molar-refractivity contribution is 5.79. The molecule has 0 bridgehead atoms. The van der Waals surface area contributed by atoms with Crippen LogP contribution >= 0.6 is 0 Å². The van der Waals surface area contributed by atoms with Gasteiger partial charge in [0.2, 0.25) is 5.89 Å². The summed E-state index contributed by atoms with van der Waals surface area (Å²) in [7, 11) is 1.74. The SMILES string of the molecule is CN=C(NCCc1cc2ccccc2o1)NCc1nc(C)c(C)o1. The van der Waals surface area contributed by atoms with Gasteiger partial charge < -0.3 is 19.5 Å². The molecule has 126 valence electrons. The number of fused-ring (bicyclic) bond motifs is 1. The van der Waals surface area contributed by atoms with Gasteiger partial charge in [-0.1, -0.05) is 18.2 Å². The molecule has 3 aromatic rings. The molecule has 0 unspecified atom stereocenters. The Morgan fingerprint density at radius 3 is 2.71 bits per heavy atom. The zero-order valence-electron chi connectivity index (χ0n) is 14.2. The number of guanidine groups is 1. The van der Waals surface area contributed by atoms with Crippen molar-refractivity contribution >= 4 is 16.9 Å². The largest absolute Gasteiger partial charge is 0.461 e. The monoisotopic (exact) mass is 326 g/mol. The molecule has 6 nitrogen and oxygen atoms in total. The maximum Gasteiger partial charge on any atom is 0.214 e. The number of benzene rings is 1. The summed E-state index contributed by atoms with van der Waals surface area (Å²) in [6, 6.07) is 10.1. The van der Waals surface area contributed by atoms with Crippen LogP contribution in [0.1, 0.15) is 23.1 Å². The van der Waals surface area contributed by atoms with Crippen LogP contribution in [0.2, 0.25) is 0 Å². The summed E-state index contributed by atoms with van der Waals surface area (Å²) < 4.78 is 11.3. The molecular weight excluding hydrogens is 304 g/mol. The van der Waals surface area contributed by atoms with Crippen LogP contribution in [0.5, 0.6) is 0 Å². The van der Waals surface area contributed by atoms with E-state index in [1.807, 2.05) is 32.0 Å². The Morgan fingerprint density at radius 1 is 1.17 bits per heavy atom.